The standard InChI is InChI=1S/C12H16ClNO/c1-15-10-5-6-12(11(13)9-10)14-7-3-2-4-8-14/h5-6,9H,2-4,7-8H2,1H3. The number of piperidine rings is 1. The lowest BCUT2D eigenvalue weighted by molar-refractivity contribution is 0.415. The molecule has 1 fully saturated rings. The number of hydrogen-bond acceptors (Lipinski definition) is 2. The van der Waals surface area contributed by atoms with Gasteiger partial charge in [-0.1, -0.05) is 11.6 Å². The average Bonchev–Trinajstić information content (AvgIpc) is 2.30. The van der Waals surface area contributed by atoms with Crippen LogP contribution >= 0.6 is 11.6 Å². The molecule has 0 unspecified atom stereocenters. The summed E-state index contributed by atoms with van der Waals surface area (Å²) < 4.78 is 5.13. The molecule has 1 aromatic rings. The lowest BCUT2D eigenvalue weighted by atomic mass is 10.1. The van der Waals surface area contributed by atoms with E-state index in [2.05, 4.69) is 4.90 Å². The van der Waals surface area contributed by atoms with Crippen molar-refractivity contribution >= 4 is 17.3 Å². The van der Waals surface area contributed by atoms with Crippen LogP contribution in [-0.4, -0.2) is 20.2 Å². The lowest BCUT2D eigenvalue weighted by Gasteiger charge is -2.29. The van der Waals surface area contributed by atoms with Crippen molar-refractivity contribution < 1.29 is 4.74 Å². The zero-order valence-corrected chi connectivity index (χ0v) is 9.76. The highest BCUT2D eigenvalue weighted by Gasteiger charge is 2.13. The van der Waals surface area contributed by atoms with Crippen molar-refractivity contribution in [2.45, 2.75) is 19.3 Å². The van der Waals surface area contributed by atoms with Gasteiger partial charge in [0.25, 0.3) is 0 Å². The van der Waals surface area contributed by atoms with E-state index in [1.165, 1.54) is 19.3 Å². The van der Waals surface area contributed by atoms with E-state index in [0.29, 0.717) is 0 Å². The minimum absolute atomic E-state index is 0.788. The summed E-state index contributed by atoms with van der Waals surface area (Å²) in [4.78, 5) is 2.35. The van der Waals surface area contributed by atoms with E-state index in [4.69, 9.17) is 16.3 Å². The van der Waals surface area contributed by atoms with Crippen molar-refractivity contribution in [3.05, 3.63) is 23.2 Å². The summed E-state index contributed by atoms with van der Waals surface area (Å²) in [6.07, 6.45) is 3.87. The van der Waals surface area contributed by atoms with E-state index in [0.717, 1.165) is 29.5 Å². The van der Waals surface area contributed by atoms with Gasteiger partial charge in [-0.15, -0.1) is 0 Å². The van der Waals surface area contributed by atoms with E-state index in [1.54, 1.807) is 7.11 Å². The van der Waals surface area contributed by atoms with Crippen LogP contribution in [0.1, 0.15) is 19.3 Å². The van der Waals surface area contributed by atoms with Crippen LogP contribution in [0.3, 0.4) is 0 Å². The molecule has 0 aliphatic carbocycles. The molecule has 1 aliphatic rings. The lowest BCUT2D eigenvalue weighted by Crippen LogP contribution is -2.29. The highest BCUT2D eigenvalue weighted by atomic mass is 35.5. The van der Waals surface area contributed by atoms with E-state index in [1.807, 2.05) is 18.2 Å². The van der Waals surface area contributed by atoms with Crippen molar-refractivity contribution in [2.75, 3.05) is 25.1 Å². The Bertz CT molecular complexity index is 334. The number of hydrogen-bond donors (Lipinski definition) is 0. The van der Waals surface area contributed by atoms with Gasteiger partial charge in [-0.25, -0.2) is 0 Å². The molecule has 0 atom stereocenters. The van der Waals surface area contributed by atoms with Crippen LogP contribution in [-0.2, 0) is 0 Å². The first-order chi connectivity index (χ1) is 7.31. The summed E-state index contributed by atoms with van der Waals surface area (Å²) in [5.74, 6) is 0.820. The first-order valence-electron chi connectivity index (χ1n) is 5.40. The monoisotopic (exact) mass is 225 g/mol. The van der Waals surface area contributed by atoms with Gasteiger partial charge in [0.2, 0.25) is 0 Å². The third-order valence-corrected chi connectivity index (χ3v) is 3.15. The summed E-state index contributed by atoms with van der Waals surface area (Å²) >= 11 is 6.22. The molecule has 0 aromatic heterocycles. The summed E-state index contributed by atoms with van der Waals surface area (Å²) in [7, 11) is 1.66. The van der Waals surface area contributed by atoms with Gasteiger partial charge in [0.15, 0.2) is 0 Å². The molecule has 0 N–H and O–H groups in total. The number of rotatable bonds is 2. The topological polar surface area (TPSA) is 12.5 Å². The van der Waals surface area contributed by atoms with Gasteiger partial charge in [0.05, 0.1) is 17.8 Å². The van der Waals surface area contributed by atoms with Gasteiger partial charge < -0.3 is 9.64 Å². The molecule has 1 heterocycles. The Morgan fingerprint density at radius 3 is 2.53 bits per heavy atom. The molecule has 0 saturated carbocycles. The van der Waals surface area contributed by atoms with Gasteiger partial charge in [0, 0.05) is 19.2 Å². The number of nitrogens with zero attached hydrogens (tertiary/aromatic N) is 1. The van der Waals surface area contributed by atoms with Crippen LogP contribution in [0.5, 0.6) is 5.75 Å². The van der Waals surface area contributed by atoms with E-state index < -0.39 is 0 Å². The maximum Gasteiger partial charge on any atom is 0.120 e. The third kappa shape index (κ3) is 2.37. The summed E-state index contributed by atoms with van der Waals surface area (Å²) in [5, 5.41) is 0.788. The molecule has 0 radical (unpaired) electrons. The third-order valence-electron chi connectivity index (χ3n) is 2.85. The largest absolute Gasteiger partial charge is 0.497 e. The molecule has 1 saturated heterocycles. The molecular formula is C12H16ClNO. The maximum absolute atomic E-state index is 6.22. The van der Waals surface area contributed by atoms with Gasteiger partial charge in [-0.2, -0.15) is 0 Å². The van der Waals surface area contributed by atoms with Gasteiger partial charge in [-0.3, -0.25) is 0 Å². The Hall–Kier alpha value is -0.890. The highest BCUT2D eigenvalue weighted by molar-refractivity contribution is 6.33. The van der Waals surface area contributed by atoms with Crippen molar-refractivity contribution in [3.63, 3.8) is 0 Å². The number of benzene rings is 1. The van der Waals surface area contributed by atoms with Crippen molar-refractivity contribution in [1.29, 1.82) is 0 Å². The molecule has 0 amide bonds. The quantitative estimate of drug-likeness (QED) is 0.766. The first-order valence-corrected chi connectivity index (χ1v) is 5.77. The SMILES string of the molecule is COc1ccc(N2CCCCC2)c(Cl)c1. The summed E-state index contributed by atoms with van der Waals surface area (Å²) in [5.41, 5.74) is 1.14. The minimum Gasteiger partial charge on any atom is -0.497 e. The second-order valence-corrected chi connectivity index (χ2v) is 4.27. The smallest absolute Gasteiger partial charge is 0.120 e. The zero-order valence-electron chi connectivity index (χ0n) is 9.00. The van der Waals surface area contributed by atoms with Crippen molar-refractivity contribution in [3.8, 4) is 5.75 Å². The van der Waals surface area contributed by atoms with Crippen LogP contribution in [0, 0.1) is 0 Å². The predicted octanol–water partition coefficient (Wildman–Crippen LogP) is 3.34. The fourth-order valence-corrected chi connectivity index (χ4v) is 2.30. The second-order valence-electron chi connectivity index (χ2n) is 3.87. The van der Waals surface area contributed by atoms with Crippen LogP contribution in [0.15, 0.2) is 18.2 Å². The molecule has 1 aliphatic heterocycles. The Morgan fingerprint density at radius 2 is 1.93 bits per heavy atom. The maximum atomic E-state index is 6.22. The molecule has 0 spiro atoms. The first kappa shape index (κ1) is 10.6. The normalized spacial score (nSPS) is 16.5. The summed E-state index contributed by atoms with van der Waals surface area (Å²) in [6, 6.07) is 5.90. The second kappa shape index (κ2) is 4.75. The Labute approximate surface area is 95.8 Å². The van der Waals surface area contributed by atoms with E-state index >= 15 is 0 Å². The van der Waals surface area contributed by atoms with Crippen LogP contribution in [0.4, 0.5) is 5.69 Å². The molecule has 2 rings (SSSR count). The molecule has 15 heavy (non-hydrogen) atoms. The number of methoxy groups -OCH3 is 1. The molecule has 2 nitrogen and oxygen atoms in total. The minimum atomic E-state index is 0.788. The Morgan fingerprint density at radius 1 is 1.20 bits per heavy atom. The van der Waals surface area contributed by atoms with Crippen LogP contribution in [0.2, 0.25) is 5.02 Å². The molecule has 0 bridgehead atoms. The Kier molecular flexibility index (Phi) is 3.37. The zero-order chi connectivity index (χ0) is 10.7. The van der Waals surface area contributed by atoms with Crippen molar-refractivity contribution in [1.82, 2.24) is 0 Å². The fraction of sp³-hybridized carbons (Fsp3) is 0.500. The molecule has 1 aromatic carbocycles. The van der Waals surface area contributed by atoms with Crippen LogP contribution < -0.4 is 9.64 Å². The fourth-order valence-electron chi connectivity index (χ4n) is 2.01. The van der Waals surface area contributed by atoms with Gasteiger partial charge in [0.1, 0.15) is 5.75 Å². The van der Waals surface area contributed by atoms with E-state index in [9.17, 15) is 0 Å². The number of anilines is 1. The van der Waals surface area contributed by atoms with Gasteiger partial charge in [-0.05, 0) is 31.4 Å². The molecule has 82 valence electrons. The highest BCUT2D eigenvalue weighted by Crippen LogP contribution is 2.31. The molecular weight excluding hydrogens is 210 g/mol. The number of halogens is 1. The van der Waals surface area contributed by atoms with Gasteiger partial charge >= 0.3 is 0 Å². The Balaban J connectivity index is 2.19. The molecule has 3 heteroatoms. The predicted molar refractivity (Wildman–Crippen MR) is 64.1 cm³/mol. The average molecular weight is 226 g/mol. The van der Waals surface area contributed by atoms with E-state index in [-0.39, 0.29) is 0 Å². The van der Waals surface area contributed by atoms with Crippen molar-refractivity contribution in [2.24, 2.45) is 0 Å². The number of ether oxygens (including phenoxy) is 1. The summed E-state index contributed by atoms with van der Waals surface area (Å²) in [6.45, 7) is 2.23. The van der Waals surface area contributed by atoms with Crippen LogP contribution in [0.25, 0.3) is 0 Å².